The fourth-order valence-electron chi connectivity index (χ4n) is 3.33. The van der Waals surface area contributed by atoms with Crippen LogP contribution in [0.25, 0.3) is 0 Å². The summed E-state index contributed by atoms with van der Waals surface area (Å²) in [5, 5.41) is 5.91. The van der Waals surface area contributed by atoms with E-state index >= 15 is 0 Å². The molecule has 2 N–H and O–H groups in total. The van der Waals surface area contributed by atoms with Crippen molar-refractivity contribution in [3.05, 3.63) is 71.5 Å². The van der Waals surface area contributed by atoms with E-state index in [2.05, 4.69) is 39.8 Å². The van der Waals surface area contributed by atoms with Gasteiger partial charge in [0.2, 0.25) is 0 Å². The first-order valence-corrected chi connectivity index (χ1v) is 9.24. The van der Waals surface area contributed by atoms with Crippen LogP contribution in [0.15, 0.2) is 54.6 Å². The third-order valence-electron chi connectivity index (χ3n) is 4.76. The molecule has 0 aromatic heterocycles. The summed E-state index contributed by atoms with van der Waals surface area (Å²) >= 11 is 0. The van der Waals surface area contributed by atoms with E-state index in [9.17, 15) is 9.18 Å². The van der Waals surface area contributed by atoms with Crippen molar-refractivity contribution in [1.29, 1.82) is 0 Å². The highest BCUT2D eigenvalue weighted by Crippen LogP contribution is 2.13. The summed E-state index contributed by atoms with van der Waals surface area (Å²) in [6.07, 6.45) is 2.55. The quantitative estimate of drug-likeness (QED) is 0.835. The molecule has 1 fully saturated rings. The van der Waals surface area contributed by atoms with Crippen LogP contribution in [0.4, 0.5) is 9.18 Å². The van der Waals surface area contributed by atoms with Crippen molar-refractivity contribution in [2.24, 2.45) is 0 Å². The van der Waals surface area contributed by atoms with Gasteiger partial charge in [-0.15, -0.1) is 0 Å². The first-order valence-electron chi connectivity index (χ1n) is 9.24. The van der Waals surface area contributed by atoms with Crippen molar-refractivity contribution in [3.63, 3.8) is 0 Å². The van der Waals surface area contributed by atoms with Gasteiger partial charge in [0, 0.05) is 32.2 Å². The fourth-order valence-corrected chi connectivity index (χ4v) is 3.33. The van der Waals surface area contributed by atoms with Gasteiger partial charge in [0.05, 0.1) is 0 Å². The Morgan fingerprint density at radius 3 is 2.50 bits per heavy atom. The second-order valence-electron chi connectivity index (χ2n) is 6.82. The van der Waals surface area contributed by atoms with Crippen LogP contribution in [0.3, 0.4) is 0 Å². The Morgan fingerprint density at radius 2 is 1.77 bits per heavy atom. The number of amides is 2. The smallest absolute Gasteiger partial charge is 0.315 e. The van der Waals surface area contributed by atoms with Gasteiger partial charge >= 0.3 is 6.03 Å². The topological polar surface area (TPSA) is 44.4 Å². The van der Waals surface area contributed by atoms with Crippen LogP contribution in [-0.2, 0) is 13.0 Å². The molecule has 0 saturated carbocycles. The molecule has 5 heteroatoms. The molecule has 1 saturated heterocycles. The molecule has 0 unspecified atom stereocenters. The number of piperidine rings is 1. The van der Waals surface area contributed by atoms with Gasteiger partial charge in [-0.2, -0.15) is 0 Å². The zero-order valence-corrected chi connectivity index (χ0v) is 15.0. The van der Waals surface area contributed by atoms with Gasteiger partial charge in [-0.25, -0.2) is 9.18 Å². The molecule has 1 aliphatic rings. The van der Waals surface area contributed by atoms with E-state index in [1.54, 1.807) is 6.07 Å². The third kappa shape index (κ3) is 5.85. The van der Waals surface area contributed by atoms with E-state index in [1.807, 2.05) is 12.1 Å². The maximum absolute atomic E-state index is 13.1. The molecule has 1 aliphatic heterocycles. The molecule has 26 heavy (non-hydrogen) atoms. The first kappa shape index (κ1) is 18.4. The number of hydrogen-bond donors (Lipinski definition) is 2. The number of halogens is 1. The molecule has 0 atom stereocenters. The highest BCUT2D eigenvalue weighted by Gasteiger charge is 2.20. The Morgan fingerprint density at radius 1 is 1.04 bits per heavy atom. The summed E-state index contributed by atoms with van der Waals surface area (Å²) in [5.74, 6) is -0.241. The van der Waals surface area contributed by atoms with Crippen LogP contribution >= 0.6 is 0 Å². The summed E-state index contributed by atoms with van der Waals surface area (Å²) in [7, 11) is 0. The van der Waals surface area contributed by atoms with E-state index in [4.69, 9.17) is 0 Å². The predicted octanol–water partition coefficient (Wildman–Crippen LogP) is 3.33. The van der Waals surface area contributed by atoms with Gasteiger partial charge in [0.25, 0.3) is 0 Å². The molecule has 0 aliphatic carbocycles. The van der Waals surface area contributed by atoms with E-state index in [0.29, 0.717) is 13.0 Å². The average Bonchev–Trinajstić information content (AvgIpc) is 2.64. The average molecular weight is 355 g/mol. The Kier molecular flexibility index (Phi) is 6.61. The summed E-state index contributed by atoms with van der Waals surface area (Å²) in [6.45, 7) is 3.45. The maximum Gasteiger partial charge on any atom is 0.315 e. The third-order valence-corrected chi connectivity index (χ3v) is 4.76. The van der Waals surface area contributed by atoms with Crippen molar-refractivity contribution < 1.29 is 9.18 Å². The molecule has 2 amide bonds. The normalized spacial score (nSPS) is 15.6. The lowest BCUT2D eigenvalue weighted by Gasteiger charge is -2.32. The minimum absolute atomic E-state index is 0.136. The number of carbonyl (C=O) groups is 1. The molecule has 2 aromatic carbocycles. The Balaban J connectivity index is 1.33. The molecule has 0 spiro atoms. The molecule has 138 valence electrons. The minimum atomic E-state index is -0.241. The summed E-state index contributed by atoms with van der Waals surface area (Å²) in [5.41, 5.74) is 2.22. The SMILES string of the molecule is O=C(NCCc1cccc(F)c1)NC1CCN(Cc2ccccc2)CC1. The number of benzene rings is 2. The molecular weight excluding hydrogens is 329 g/mol. The standard InChI is InChI=1S/C21H26FN3O/c22-19-8-4-7-17(15-19)9-12-23-21(26)24-20-10-13-25(14-11-20)16-18-5-2-1-3-6-18/h1-8,15,20H,9-14,16H2,(H2,23,24,26). The number of rotatable bonds is 6. The molecule has 4 nitrogen and oxygen atoms in total. The fraction of sp³-hybridized carbons (Fsp3) is 0.381. The summed E-state index contributed by atoms with van der Waals surface area (Å²) in [4.78, 5) is 14.5. The van der Waals surface area contributed by atoms with Crippen molar-refractivity contribution in [3.8, 4) is 0 Å². The Hall–Kier alpha value is -2.40. The van der Waals surface area contributed by atoms with Crippen LogP contribution in [0.1, 0.15) is 24.0 Å². The largest absolute Gasteiger partial charge is 0.338 e. The van der Waals surface area contributed by atoms with Crippen LogP contribution < -0.4 is 10.6 Å². The minimum Gasteiger partial charge on any atom is -0.338 e. The van der Waals surface area contributed by atoms with Gasteiger partial charge in [-0.05, 0) is 42.5 Å². The maximum atomic E-state index is 13.1. The van der Waals surface area contributed by atoms with Gasteiger partial charge in [0.1, 0.15) is 5.82 Å². The van der Waals surface area contributed by atoms with Crippen LogP contribution in [0.2, 0.25) is 0 Å². The lowest BCUT2D eigenvalue weighted by molar-refractivity contribution is 0.186. The number of carbonyl (C=O) groups excluding carboxylic acids is 1. The molecule has 2 aromatic rings. The van der Waals surface area contributed by atoms with E-state index in [-0.39, 0.29) is 17.9 Å². The van der Waals surface area contributed by atoms with Gasteiger partial charge in [-0.1, -0.05) is 42.5 Å². The molecule has 0 bridgehead atoms. The van der Waals surface area contributed by atoms with Crippen LogP contribution in [-0.4, -0.2) is 36.6 Å². The van der Waals surface area contributed by atoms with E-state index in [1.165, 1.54) is 17.7 Å². The summed E-state index contributed by atoms with van der Waals surface area (Å²) < 4.78 is 13.1. The highest BCUT2D eigenvalue weighted by molar-refractivity contribution is 5.74. The number of nitrogens with zero attached hydrogens (tertiary/aromatic N) is 1. The Labute approximate surface area is 154 Å². The van der Waals surface area contributed by atoms with Crippen molar-refractivity contribution in [1.82, 2.24) is 15.5 Å². The predicted molar refractivity (Wildman–Crippen MR) is 101 cm³/mol. The second kappa shape index (κ2) is 9.34. The lowest BCUT2D eigenvalue weighted by atomic mass is 10.0. The number of urea groups is 1. The zero-order chi connectivity index (χ0) is 18.2. The molecular formula is C21H26FN3O. The molecule has 3 rings (SSSR count). The zero-order valence-electron chi connectivity index (χ0n) is 15.0. The number of nitrogens with one attached hydrogen (secondary N) is 2. The Bertz CT molecular complexity index is 699. The van der Waals surface area contributed by atoms with Crippen molar-refractivity contribution in [2.45, 2.75) is 31.8 Å². The summed E-state index contributed by atoms with van der Waals surface area (Å²) in [6, 6.07) is 17.0. The van der Waals surface area contributed by atoms with Crippen LogP contribution in [0, 0.1) is 5.82 Å². The van der Waals surface area contributed by atoms with Crippen LogP contribution in [0.5, 0.6) is 0 Å². The lowest BCUT2D eigenvalue weighted by Crippen LogP contribution is -2.48. The highest BCUT2D eigenvalue weighted by atomic mass is 19.1. The molecule has 0 radical (unpaired) electrons. The van der Waals surface area contributed by atoms with Gasteiger partial charge < -0.3 is 10.6 Å². The monoisotopic (exact) mass is 355 g/mol. The number of hydrogen-bond acceptors (Lipinski definition) is 2. The molecule has 1 heterocycles. The van der Waals surface area contributed by atoms with Crippen molar-refractivity contribution >= 4 is 6.03 Å². The van der Waals surface area contributed by atoms with Gasteiger partial charge in [0.15, 0.2) is 0 Å². The first-order chi connectivity index (χ1) is 12.7. The van der Waals surface area contributed by atoms with E-state index in [0.717, 1.165) is 38.0 Å². The number of likely N-dealkylation sites (tertiary alicyclic amines) is 1. The second-order valence-corrected chi connectivity index (χ2v) is 6.82. The van der Waals surface area contributed by atoms with E-state index < -0.39 is 0 Å². The van der Waals surface area contributed by atoms with Gasteiger partial charge in [-0.3, -0.25) is 4.90 Å². The van der Waals surface area contributed by atoms with Crippen molar-refractivity contribution in [2.75, 3.05) is 19.6 Å².